The van der Waals surface area contributed by atoms with E-state index in [2.05, 4.69) is 0 Å². The van der Waals surface area contributed by atoms with Crippen LogP contribution in [0.4, 0.5) is 0 Å². The van der Waals surface area contributed by atoms with Gasteiger partial charge >= 0.3 is 0 Å². The second-order valence-electron chi connectivity index (χ2n) is 1.91. The summed E-state index contributed by atoms with van der Waals surface area (Å²) in [7, 11) is 0. The summed E-state index contributed by atoms with van der Waals surface area (Å²) >= 11 is 11.4. The molecule has 0 amide bonds. The normalized spacial score (nSPS) is 24.0. The van der Waals surface area contributed by atoms with Crippen molar-refractivity contribution >= 4 is 23.2 Å². The molecule has 50 valence electrons. The van der Waals surface area contributed by atoms with E-state index in [1.54, 1.807) is 0 Å². The molecule has 0 bridgehead atoms. The number of halogens is 2. The molecular weight excluding hydrogens is 157 g/mol. The SMILES string of the molecule is NC=C1CCC(Cl)=C1Cl. The van der Waals surface area contributed by atoms with Crippen molar-refractivity contribution in [2.75, 3.05) is 0 Å². The molecular formula is C6H7Cl2N. The summed E-state index contributed by atoms with van der Waals surface area (Å²) in [6, 6.07) is 0. The average molecular weight is 164 g/mol. The van der Waals surface area contributed by atoms with Crippen LogP contribution in [0.5, 0.6) is 0 Å². The van der Waals surface area contributed by atoms with Gasteiger partial charge in [-0.15, -0.1) is 0 Å². The first kappa shape index (κ1) is 6.97. The Morgan fingerprint density at radius 1 is 1.33 bits per heavy atom. The maximum Gasteiger partial charge on any atom is 0.0597 e. The molecule has 0 radical (unpaired) electrons. The molecule has 0 aromatic heterocycles. The second kappa shape index (κ2) is 2.63. The lowest BCUT2D eigenvalue weighted by Crippen LogP contribution is -1.83. The molecule has 0 spiro atoms. The van der Waals surface area contributed by atoms with Gasteiger partial charge in [-0.1, -0.05) is 23.2 Å². The van der Waals surface area contributed by atoms with Gasteiger partial charge in [0.2, 0.25) is 0 Å². The summed E-state index contributed by atoms with van der Waals surface area (Å²) in [6.45, 7) is 0. The number of hydrogen-bond acceptors (Lipinski definition) is 1. The Kier molecular flexibility index (Phi) is 2.04. The molecule has 1 aliphatic rings. The quantitative estimate of drug-likeness (QED) is 0.584. The van der Waals surface area contributed by atoms with Crippen LogP contribution in [-0.4, -0.2) is 0 Å². The van der Waals surface area contributed by atoms with Gasteiger partial charge in [0.15, 0.2) is 0 Å². The fraction of sp³-hybridized carbons (Fsp3) is 0.333. The van der Waals surface area contributed by atoms with E-state index in [1.807, 2.05) is 0 Å². The smallest absolute Gasteiger partial charge is 0.0597 e. The molecule has 0 saturated carbocycles. The fourth-order valence-electron chi connectivity index (χ4n) is 0.795. The molecule has 0 aliphatic heterocycles. The van der Waals surface area contributed by atoms with Crippen LogP contribution in [0.3, 0.4) is 0 Å². The Bertz CT molecular complexity index is 181. The molecule has 0 saturated heterocycles. The maximum atomic E-state index is 5.73. The first-order valence-electron chi connectivity index (χ1n) is 2.71. The van der Waals surface area contributed by atoms with Crippen LogP contribution in [0.2, 0.25) is 0 Å². The van der Waals surface area contributed by atoms with Crippen molar-refractivity contribution in [3.63, 3.8) is 0 Å². The van der Waals surface area contributed by atoms with Crippen molar-refractivity contribution in [1.29, 1.82) is 0 Å². The number of nitrogens with two attached hydrogens (primary N) is 1. The van der Waals surface area contributed by atoms with Crippen molar-refractivity contribution in [2.45, 2.75) is 12.8 Å². The fourth-order valence-corrected chi connectivity index (χ4v) is 1.26. The van der Waals surface area contributed by atoms with Gasteiger partial charge in [0.25, 0.3) is 0 Å². The van der Waals surface area contributed by atoms with Crippen molar-refractivity contribution in [3.05, 3.63) is 21.8 Å². The van der Waals surface area contributed by atoms with Crippen molar-refractivity contribution in [2.24, 2.45) is 5.73 Å². The summed E-state index contributed by atoms with van der Waals surface area (Å²) in [5.74, 6) is 0. The average Bonchev–Trinajstić information content (AvgIpc) is 2.15. The van der Waals surface area contributed by atoms with Gasteiger partial charge in [0.1, 0.15) is 0 Å². The lowest BCUT2D eigenvalue weighted by Gasteiger charge is -1.90. The Morgan fingerprint density at radius 3 is 2.22 bits per heavy atom. The van der Waals surface area contributed by atoms with Crippen LogP contribution in [0, 0.1) is 0 Å². The largest absolute Gasteiger partial charge is 0.404 e. The van der Waals surface area contributed by atoms with Gasteiger partial charge < -0.3 is 5.73 Å². The van der Waals surface area contributed by atoms with Crippen LogP contribution < -0.4 is 5.73 Å². The first-order valence-corrected chi connectivity index (χ1v) is 3.46. The molecule has 0 fully saturated rings. The Balaban J connectivity index is 2.88. The van der Waals surface area contributed by atoms with Crippen LogP contribution >= 0.6 is 23.2 Å². The third-order valence-corrected chi connectivity index (χ3v) is 2.28. The molecule has 0 heterocycles. The highest BCUT2D eigenvalue weighted by molar-refractivity contribution is 6.41. The van der Waals surface area contributed by atoms with Gasteiger partial charge in [0.05, 0.1) is 5.03 Å². The summed E-state index contributed by atoms with van der Waals surface area (Å²) in [5, 5.41) is 1.37. The molecule has 3 heteroatoms. The molecule has 1 rings (SSSR count). The van der Waals surface area contributed by atoms with Gasteiger partial charge in [-0.3, -0.25) is 0 Å². The summed E-state index contributed by atoms with van der Waals surface area (Å²) in [5.41, 5.74) is 6.21. The van der Waals surface area contributed by atoms with Crippen molar-refractivity contribution in [1.82, 2.24) is 0 Å². The van der Waals surface area contributed by atoms with Crippen LogP contribution in [0.25, 0.3) is 0 Å². The lowest BCUT2D eigenvalue weighted by molar-refractivity contribution is 1.04. The number of allylic oxidation sites excluding steroid dienone is 3. The van der Waals surface area contributed by atoms with E-state index in [1.165, 1.54) is 6.20 Å². The molecule has 2 N–H and O–H groups in total. The topological polar surface area (TPSA) is 26.0 Å². The summed E-state index contributed by atoms with van der Waals surface area (Å²) < 4.78 is 0. The monoisotopic (exact) mass is 163 g/mol. The molecule has 9 heavy (non-hydrogen) atoms. The molecule has 1 nitrogen and oxygen atoms in total. The third kappa shape index (κ3) is 1.22. The maximum absolute atomic E-state index is 5.73. The van der Waals surface area contributed by atoms with Gasteiger partial charge in [-0.25, -0.2) is 0 Å². The zero-order valence-corrected chi connectivity index (χ0v) is 6.34. The van der Waals surface area contributed by atoms with Gasteiger partial charge in [0, 0.05) is 5.03 Å². The third-order valence-electron chi connectivity index (χ3n) is 1.34. The van der Waals surface area contributed by atoms with E-state index in [4.69, 9.17) is 28.9 Å². The summed E-state index contributed by atoms with van der Waals surface area (Å²) in [4.78, 5) is 0. The highest BCUT2D eigenvalue weighted by Gasteiger charge is 2.14. The minimum Gasteiger partial charge on any atom is -0.404 e. The Hall–Kier alpha value is -0.140. The zero-order valence-electron chi connectivity index (χ0n) is 4.82. The van der Waals surface area contributed by atoms with Crippen LogP contribution in [0.15, 0.2) is 21.8 Å². The lowest BCUT2D eigenvalue weighted by atomic mass is 10.3. The second-order valence-corrected chi connectivity index (χ2v) is 2.74. The van der Waals surface area contributed by atoms with E-state index in [0.717, 1.165) is 23.4 Å². The number of hydrogen-bond donors (Lipinski definition) is 1. The Morgan fingerprint density at radius 2 is 2.00 bits per heavy atom. The molecule has 1 aliphatic carbocycles. The highest BCUT2D eigenvalue weighted by atomic mass is 35.5. The van der Waals surface area contributed by atoms with E-state index < -0.39 is 0 Å². The minimum absolute atomic E-state index is 0.638. The molecule has 0 atom stereocenters. The van der Waals surface area contributed by atoms with Crippen LogP contribution in [-0.2, 0) is 0 Å². The van der Waals surface area contributed by atoms with E-state index in [0.29, 0.717) is 5.03 Å². The Labute approximate surface area is 64.1 Å². The van der Waals surface area contributed by atoms with Crippen molar-refractivity contribution in [3.8, 4) is 0 Å². The molecule has 0 unspecified atom stereocenters. The zero-order chi connectivity index (χ0) is 6.85. The minimum atomic E-state index is 0.638. The number of rotatable bonds is 0. The van der Waals surface area contributed by atoms with Gasteiger partial charge in [-0.2, -0.15) is 0 Å². The predicted molar refractivity (Wildman–Crippen MR) is 40.2 cm³/mol. The predicted octanol–water partition coefficient (Wildman–Crippen LogP) is 2.31. The first-order chi connectivity index (χ1) is 4.25. The standard InChI is InChI=1S/C6H7Cl2N/c7-5-2-1-4(3-9)6(5)8/h3H,1-2,9H2. The van der Waals surface area contributed by atoms with Crippen LogP contribution in [0.1, 0.15) is 12.8 Å². The van der Waals surface area contributed by atoms with Crippen molar-refractivity contribution < 1.29 is 0 Å². The highest BCUT2D eigenvalue weighted by Crippen LogP contribution is 2.35. The van der Waals surface area contributed by atoms with Gasteiger partial charge in [-0.05, 0) is 24.6 Å². The molecule has 0 aromatic carbocycles. The molecule has 0 aromatic rings. The van der Waals surface area contributed by atoms with E-state index >= 15 is 0 Å². The summed E-state index contributed by atoms with van der Waals surface area (Å²) in [6.07, 6.45) is 3.23. The van der Waals surface area contributed by atoms with E-state index in [-0.39, 0.29) is 0 Å². The van der Waals surface area contributed by atoms with E-state index in [9.17, 15) is 0 Å².